The van der Waals surface area contributed by atoms with Gasteiger partial charge in [-0.2, -0.15) is 0 Å². The number of aromatic hydroxyl groups is 1. The minimum atomic E-state index is -0.870. The summed E-state index contributed by atoms with van der Waals surface area (Å²) in [7, 11) is 0. The van der Waals surface area contributed by atoms with Crippen molar-refractivity contribution < 1.29 is 10.0 Å². The molecular weight excluding hydrogens is 480 g/mol. The van der Waals surface area contributed by atoms with Crippen molar-refractivity contribution in [3.8, 4) is 11.6 Å². The predicted molar refractivity (Wildman–Crippen MR) is 125 cm³/mol. The molecule has 9 nitrogen and oxygen atoms in total. The molecule has 2 N–H and O–H groups in total. The molecule has 0 aliphatic carbocycles. The molecule has 0 fully saturated rings. The van der Waals surface area contributed by atoms with Crippen LogP contribution in [0.4, 0.5) is 11.4 Å². The Labute approximate surface area is 188 Å². The number of hydrogen-bond donors (Lipinski definition) is 2. The Hall–Kier alpha value is -4.05. The molecule has 0 saturated carbocycles. The lowest BCUT2D eigenvalue weighted by atomic mass is 10.1. The second-order valence-electron chi connectivity index (χ2n) is 6.94. The molecule has 0 amide bonds. The first-order valence-electron chi connectivity index (χ1n) is 9.33. The van der Waals surface area contributed by atoms with Gasteiger partial charge in [-0.05, 0) is 30.0 Å². The second-order valence-corrected chi connectivity index (χ2v) is 7.85. The van der Waals surface area contributed by atoms with Crippen LogP contribution in [0.2, 0.25) is 0 Å². The van der Waals surface area contributed by atoms with E-state index in [9.17, 15) is 24.8 Å². The summed E-state index contributed by atoms with van der Waals surface area (Å²) in [6, 6.07) is 15.4. The molecule has 3 aromatic carbocycles. The summed E-state index contributed by atoms with van der Waals surface area (Å²) < 4.78 is 1.47. The van der Waals surface area contributed by atoms with Crippen molar-refractivity contribution in [3.05, 3.63) is 101 Å². The van der Waals surface area contributed by atoms with Gasteiger partial charge in [-0.15, -0.1) is 0 Å². The van der Waals surface area contributed by atoms with E-state index in [1.165, 1.54) is 6.07 Å². The lowest BCUT2D eigenvalue weighted by Gasteiger charge is -2.12. The molecule has 0 spiro atoms. The predicted octanol–water partition coefficient (Wildman–Crippen LogP) is 4.11. The molecule has 0 aliphatic rings. The van der Waals surface area contributed by atoms with Crippen molar-refractivity contribution in [2.45, 2.75) is 6.92 Å². The number of nitro benzene ring substituents is 1. The van der Waals surface area contributed by atoms with Gasteiger partial charge in [0, 0.05) is 22.1 Å². The average Bonchev–Trinajstić information content (AvgIpc) is 2.74. The van der Waals surface area contributed by atoms with E-state index in [1.807, 2.05) is 18.2 Å². The van der Waals surface area contributed by atoms with Gasteiger partial charge in [-0.3, -0.25) is 19.9 Å². The second kappa shape index (κ2) is 8.23. The highest BCUT2D eigenvalue weighted by atomic mass is 79.9. The molecule has 4 rings (SSSR count). The molecule has 0 aliphatic heterocycles. The van der Waals surface area contributed by atoms with Crippen molar-refractivity contribution in [1.29, 1.82) is 0 Å². The van der Waals surface area contributed by atoms with Gasteiger partial charge >= 0.3 is 5.69 Å². The number of benzene rings is 3. The van der Waals surface area contributed by atoms with E-state index in [0.717, 1.165) is 16.2 Å². The Bertz CT molecular complexity index is 1530. The van der Waals surface area contributed by atoms with E-state index in [2.05, 4.69) is 25.9 Å². The Kier molecular flexibility index (Phi) is 5.45. The molecule has 0 unspecified atom stereocenters. The molecule has 0 bridgehead atoms. The van der Waals surface area contributed by atoms with Gasteiger partial charge in [0.25, 0.3) is 11.2 Å². The average molecular weight is 495 g/mol. The van der Waals surface area contributed by atoms with Crippen LogP contribution in [0.25, 0.3) is 16.5 Å². The van der Waals surface area contributed by atoms with E-state index in [4.69, 9.17) is 0 Å². The molecule has 32 heavy (non-hydrogen) atoms. The molecular formula is C22H15BrN4O5. The van der Waals surface area contributed by atoms with E-state index < -0.39 is 22.1 Å². The van der Waals surface area contributed by atoms with E-state index in [0.29, 0.717) is 21.1 Å². The van der Waals surface area contributed by atoms with Crippen molar-refractivity contribution in [1.82, 2.24) is 9.55 Å². The van der Waals surface area contributed by atoms with E-state index >= 15 is 0 Å². The van der Waals surface area contributed by atoms with Gasteiger partial charge in [0.05, 0.1) is 10.6 Å². The van der Waals surface area contributed by atoms with E-state index in [1.54, 1.807) is 37.3 Å². The molecule has 1 heterocycles. The van der Waals surface area contributed by atoms with Gasteiger partial charge in [0.15, 0.2) is 0 Å². The molecule has 10 heteroatoms. The lowest BCUT2D eigenvalue weighted by molar-refractivity contribution is -0.384. The first-order valence-corrected chi connectivity index (χ1v) is 10.1. The third kappa shape index (κ3) is 3.71. The Balaban J connectivity index is 1.93. The number of fused-ring (bicyclic) bond motifs is 1. The van der Waals surface area contributed by atoms with Crippen LogP contribution in [0.1, 0.15) is 11.1 Å². The number of aliphatic imine (C=N–C) groups is 1. The van der Waals surface area contributed by atoms with Crippen molar-refractivity contribution in [3.63, 3.8) is 0 Å². The fraction of sp³-hybridized carbons (Fsp3) is 0.0455. The fourth-order valence-electron chi connectivity index (χ4n) is 3.44. The first kappa shape index (κ1) is 21.2. The first-order chi connectivity index (χ1) is 15.3. The van der Waals surface area contributed by atoms with Gasteiger partial charge in [-0.1, -0.05) is 52.3 Å². The van der Waals surface area contributed by atoms with Crippen molar-refractivity contribution >= 4 is 44.3 Å². The maximum atomic E-state index is 12.6. The fourth-order valence-corrected chi connectivity index (χ4v) is 4.00. The summed E-state index contributed by atoms with van der Waals surface area (Å²) in [5.41, 5.74) is -1.40. The Morgan fingerprint density at radius 2 is 1.88 bits per heavy atom. The van der Waals surface area contributed by atoms with Crippen LogP contribution in [0.3, 0.4) is 0 Å². The van der Waals surface area contributed by atoms with Gasteiger partial charge < -0.3 is 5.11 Å². The minimum Gasteiger partial charge on any atom is -0.493 e. The molecule has 160 valence electrons. The Morgan fingerprint density at radius 1 is 1.16 bits per heavy atom. The van der Waals surface area contributed by atoms with Gasteiger partial charge in [0.2, 0.25) is 5.88 Å². The number of nitro groups is 1. The number of nitrogens with one attached hydrogen (secondary N) is 1. The lowest BCUT2D eigenvalue weighted by Crippen LogP contribution is -2.31. The zero-order chi connectivity index (χ0) is 23.0. The van der Waals surface area contributed by atoms with Crippen LogP contribution in [-0.2, 0) is 0 Å². The minimum absolute atomic E-state index is 0.0277. The number of nitrogens with zero attached hydrogens (tertiary/aromatic N) is 3. The summed E-state index contributed by atoms with van der Waals surface area (Å²) >= 11 is 3.21. The largest absolute Gasteiger partial charge is 0.493 e. The van der Waals surface area contributed by atoms with Crippen LogP contribution in [0, 0.1) is 17.0 Å². The summed E-state index contributed by atoms with van der Waals surface area (Å²) in [5.74, 6) is -0.628. The van der Waals surface area contributed by atoms with Gasteiger partial charge in [-0.25, -0.2) is 14.4 Å². The monoisotopic (exact) mass is 494 g/mol. The molecule has 1 aromatic heterocycles. The third-order valence-corrected chi connectivity index (χ3v) is 5.35. The topological polar surface area (TPSA) is 131 Å². The number of H-pyrrole nitrogens is 1. The summed E-state index contributed by atoms with van der Waals surface area (Å²) in [6.45, 7) is 1.63. The molecule has 0 saturated heterocycles. The van der Waals surface area contributed by atoms with Crippen LogP contribution >= 0.6 is 15.9 Å². The smallest absolute Gasteiger partial charge is 0.335 e. The van der Waals surface area contributed by atoms with Crippen LogP contribution in [0.5, 0.6) is 5.88 Å². The summed E-state index contributed by atoms with van der Waals surface area (Å²) in [5, 5.41) is 23.8. The molecule has 0 atom stereocenters. The zero-order valence-electron chi connectivity index (χ0n) is 16.6. The maximum Gasteiger partial charge on any atom is 0.335 e. The number of aromatic amines is 1. The SMILES string of the molecule is Cc1cc(Br)cc([N+](=O)[O-])c1N=Cc1c(O)n(-c2cccc3ccccc23)c(=O)[nH]c1=O. The number of rotatable bonds is 4. The zero-order valence-corrected chi connectivity index (χ0v) is 18.2. The normalized spacial score (nSPS) is 11.3. The van der Waals surface area contributed by atoms with E-state index in [-0.39, 0.29) is 16.9 Å². The number of halogens is 1. The number of hydrogen-bond acceptors (Lipinski definition) is 6. The van der Waals surface area contributed by atoms with Gasteiger partial charge in [0.1, 0.15) is 11.3 Å². The third-order valence-electron chi connectivity index (χ3n) is 4.89. The highest BCUT2D eigenvalue weighted by molar-refractivity contribution is 9.10. The standard InChI is InChI=1S/C22H15BrN4O5/c1-12-9-14(23)10-18(27(31)32)19(12)24-11-16-20(28)25-22(30)26(21(16)29)17-8-4-6-13-5-2-3-7-15(13)17/h2-11,29H,1H3,(H,25,28,30). The highest BCUT2D eigenvalue weighted by Gasteiger charge is 2.19. The molecule has 4 aromatic rings. The van der Waals surface area contributed by atoms with Crippen LogP contribution in [0.15, 0.2) is 73.7 Å². The highest BCUT2D eigenvalue weighted by Crippen LogP contribution is 2.34. The number of aryl methyl sites for hydroxylation is 1. The van der Waals surface area contributed by atoms with Crippen LogP contribution in [-0.4, -0.2) is 25.8 Å². The van der Waals surface area contributed by atoms with Crippen molar-refractivity contribution in [2.75, 3.05) is 0 Å². The molecule has 0 radical (unpaired) electrons. The maximum absolute atomic E-state index is 12.6. The van der Waals surface area contributed by atoms with Crippen LogP contribution < -0.4 is 11.2 Å². The summed E-state index contributed by atoms with van der Waals surface area (Å²) in [6.07, 6.45) is 1.01. The summed E-state index contributed by atoms with van der Waals surface area (Å²) in [4.78, 5) is 42.1. The number of aromatic nitrogens is 2. The Morgan fingerprint density at radius 3 is 2.62 bits per heavy atom. The van der Waals surface area contributed by atoms with Crippen molar-refractivity contribution in [2.24, 2.45) is 4.99 Å². The quantitative estimate of drug-likeness (QED) is 0.250.